The highest BCUT2D eigenvalue weighted by molar-refractivity contribution is 7.99. The first-order valence-electron chi connectivity index (χ1n) is 8.25. The summed E-state index contributed by atoms with van der Waals surface area (Å²) in [4.78, 5) is 18.3. The van der Waals surface area contributed by atoms with E-state index in [2.05, 4.69) is 24.3 Å². The van der Waals surface area contributed by atoms with Gasteiger partial charge in [-0.15, -0.1) is 0 Å². The molecule has 0 atom stereocenters. The summed E-state index contributed by atoms with van der Waals surface area (Å²) < 4.78 is 0. The molecule has 1 aliphatic rings. The largest absolute Gasteiger partial charge is 0.309 e. The van der Waals surface area contributed by atoms with Crippen molar-refractivity contribution in [2.75, 3.05) is 16.3 Å². The summed E-state index contributed by atoms with van der Waals surface area (Å²) in [5.41, 5.74) is 1.74. The van der Waals surface area contributed by atoms with Crippen molar-refractivity contribution in [2.45, 2.75) is 9.79 Å². The van der Waals surface area contributed by atoms with E-state index in [0.29, 0.717) is 5.11 Å². The van der Waals surface area contributed by atoms with E-state index in [1.54, 1.807) is 16.7 Å². The lowest BCUT2D eigenvalue weighted by Gasteiger charge is -2.20. The van der Waals surface area contributed by atoms with Gasteiger partial charge >= 0.3 is 0 Å². The fourth-order valence-corrected chi connectivity index (χ4v) is 4.07. The molecule has 0 aromatic heterocycles. The van der Waals surface area contributed by atoms with Crippen LogP contribution in [0.4, 0.5) is 11.4 Å². The molecule has 0 aliphatic carbocycles. The van der Waals surface area contributed by atoms with Crippen LogP contribution < -0.4 is 9.80 Å². The van der Waals surface area contributed by atoms with Crippen LogP contribution in [-0.2, 0) is 4.79 Å². The Labute approximate surface area is 162 Å². The third-order valence-electron chi connectivity index (χ3n) is 4.11. The summed E-state index contributed by atoms with van der Waals surface area (Å²) in [6.07, 6.45) is 0. The van der Waals surface area contributed by atoms with Gasteiger partial charge in [0.2, 0.25) is 0 Å². The number of benzene rings is 3. The van der Waals surface area contributed by atoms with Crippen LogP contribution >= 0.6 is 24.0 Å². The van der Waals surface area contributed by atoms with Crippen molar-refractivity contribution >= 4 is 46.4 Å². The highest BCUT2D eigenvalue weighted by Gasteiger charge is 2.34. The molecule has 4 rings (SSSR count). The topological polar surface area (TPSA) is 23.6 Å². The number of para-hydroxylation sites is 1. The van der Waals surface area contributed by atoms with Gasteiger partial charge in [0.25, 0.3) is 5.91 Å². The zero-order valence-corrected chi connectivity index (χ0v) is 15.5. The van der Waals surface area contributed by atoms with Crippen molar-refractivity contribution in [3.63, 3.8) is 0 Å². The molecule has 0 bridgehead atoms. The van der Waals surface area contributed by atoms with E-state index < -0.39 is 0 Å². The molecule has 0 saturated carbocycles. The van der Waals surface area contributed by atoms with Gasteiger partial charge in [-0.25, -0.2) is 0 Å². The SMILES string of the molecule is O=C1CN(c2ccc(Sc3ccccc3)cc2)C(=S)N1c1ccccc1. The van der Waals surface area contributed by atoms with E-state index in [-0.39, 0.29) is 12.5 Å². The molecule has 128 valence electrons. The summed E-state index contributed by atoms with van der Waals surface area (Å²) in [6.45, 7) is 0.263. The fourth-order valence-electron chi connectivity index (χ4n) is 2.85. The van der Waals surface area contributed by atoms with Crippen LogP contribution in [0.15, 0.2) is 94.7 Å². The van der Waals surface area contributed by atoms with Gasteiger partial charge in [0.05, 0.1) is 5.69 Å². The van der Waals surface area contributed by atoms with E-state index in [9.17, 15) is 4.79 Å². The van der Waals surface area contributed by atoms with Crippen molar-refractivity contribution in [1.29, 1.82) is 0 Å². The Morgan fingerprint density at radius 3 is 1.96 bits per heavy atom. The first kappa shape index (κ1) is 16.8. The Balaban J connectivity index is 1.53. The molecule has 1 saturated heterocycles. The average Bonchev–Trinajstić information content (AvgIpc) is 2.98. The normalized spacial score (nSPS) is 14.2. The Morgan fingerprint density at radius 1 is 0.731 bits per heavy atom. The van der Waals surface area contributed by atoms with Crippen LogP contribution in [0.3, 0.4) is 0 Å². The third-order valence-corrected chi connectivity index (χ3v) is 5.53. The molecule has 26 heavy (non-hydrogen) atoms. The molecule has 0 spiro atoms. The van der Waals surface area contributed by atoms with Gasteiger partial charge in [0.1, 0.15) is 6.54 Å². The predicted octanol–water partition coefficient (Wildman–Crippen LogP) is 4.98. The average molecular weight is 377 g/mol. The Kier molecular flexibility index (Phi) is 4.73. The molecule has 0 N–H and O–H groups in total. The Hall–Kier alpha value is -2.63. The number of anilines is 2. The molecular weight excluding hydrogens is 360 g/mol. The summed E-state index contributed by atoms with van der Waals surface area (Å²) in [5, 5.41) is 0.518. The van der Waals surface area contributed by atoms with Gasteiger partial charge in [-0.1, -0.05) is 48.2 Å². The molecule has 1 amide bonds. The van der Waals surface area contributed by atoms with Crippen LogP contribution in [0.25, 0.3) is 0 Å². The molecule has 5 heteroatoms. The maximum absolute atomic E-state index is 12.5. The number of carbonyl (C=O) groups excluding carboxylic acids is 1. The summed E-state index contributed by atoms with van der Waals surface area (Å²) in [7, 11) is 0. The van der Waals surface area contributed by atoms with Gasteiger partial charge in [-0.3, -0.25) is 9.69 Å². The highest BCUT2D eigenvalue weighted by atomic mass is 32.2. The van der Waals surface area contributed by atoms with Crippen LogP contribution in [0.1, 0.15) is 0 Å². The molecular formula is C21H16N2OS2. The molecule has 0 unspecified atom stereocenters. The van der Waals surface area contributed by atoms with E-state index in [1.807, 2.05) is 65.6 Å². The number of rotatable bonds is 4. The van der Waals surface area contributed by atoms with E-state index in [4.69, 9.17) is 12.2 Å². The number of amides is 1. The van der Waals surface area contributed by atoms with Crippen LogP contribution in [0, 0.1) is 0 Å². The van der Waals surface area contributed by atoms with Crippen LogP contribution in [-0.4, -0.2) is 17.6 Å². The number of hydrogen-bond acceptors (Lipinski definition) is 3. The van der Waals surface area contributed by atoms with Crippen molar-refractivity contribution in [3.05, 3.63) is 84.9 Å². The molecule has 1 fully saturated rings. The second-order valence-corrected chi connectivity index (χ2v) is 7.35. The molecule has 0 radical (unpaired) electrons. The van der Waals surface area contributed by atoms with Crippen LogP contribution in [0.2, 0.25) is 0 Å². The highest BCUT2D eigenvalue weighted by Crippen LogP contribution is 2.31. The molecule has 3 aromatic rings. The van der Waals surface area contributed by atoms with E-state index >= 15 is 0 Å². The minimum Gasteiger partial charge on any atom is -0.309 e. The zero-order chi connectivity index (χ0) is 17.9. The van der Waals surface area contributed by atoms with Crippen LogP contribution in [0.5, 0.6) is 0 Å². The Morgan fingerprint density at radius 2 is 1.31 bits per heavy atom. The minimum atomic E-state index is -0.0102. The standard InChI is InChI=1S/C21H16N2OS2/c24-20-15-22(21(25)23(20)17-7-3-1-4-8-17)16-11-13-19(14-12-16)26-18-9-5-2-6-10-18/h1-14H,15H2. The van der Waals surface area contributed by atoms with Crippen molar-refractivity contribution in [1.82, 2.24) is 0 Å². The number of thiocarbonyl (C=S) groups is 1. The maximum atomic E-state index is 12.5. The van der Waals surface area contributed by atoms with Crippen molar-refractivity contribution in [3.8, 4) is 0 Å². The predicted molar refractivity (Wildman–Crippen MR) is 111 cm³/mol. The molecule has 3 aromatic carbocycles. The summed E-state index contributed by atoms with van der Waals surface area (Å²) >= 11 is 7.28. The van der Waals surface area contributed by atoms with E-state index in [0.717, 1.165) is 16.3 Å². The zero-order valence-electron chi connectivity index (χ0n) is 13.9. The number of nitrogens with zero attached hydrogens (tertiary/aromatic N) is 2. The first-order valence-corrected chi connectivity index (χ1v) is 9.47. The lowest BCUT2D eigenvalue weighted by Crippen LogP contribution is -2.32. The van der Waals surface area contributed by atoms with Crippen molar-refractivity contribution < 1.29 is 4.79 Å². The second-order valence-electron chi connectivity index (χ2n) is 5.84. The van der Waals surface area contributed by atoms with Gasteiger partial charge in [-0.05, 0) is 60.7 Å². The minimum absolute atomic E-state index is 0.0102. The van der Waals surface area contributed by atoms with Gasteiger partial charge < -0.3 is 4.90 Å². The molecule has 1 heterocycles. The molecule has 1 aliphatic heterocycles. The summed E-state index contributed by atoms with van der Waals surface area (Å²) in [5.74, 6) is -0.0102. The van der Waals surface area contributed by atoms with Crippen molar-refractivity contribution in [2.24, 2.45) is 0 Å². The smallest absolute Gasteiger partial charge is 0.253 e. The number of hydrogen-bond donors (Lipinski definition) is 0. The maximum Gasteiger partial charge on any atom is 0.253 e. The second kappa shape index (κ2) is 7.32. The number of carbonyl (C=O) groups is 1. The Bertz CT molecular complexity index is 927. The van der Waals surface area contributed by atoms with Gasteiger partial charge in [0, 0.05) is 15.5 Å². The lowest BCUT2D eigenvalue weighted by atomic mass is 10.3. The van der Waals surface area contributed by atoms with E-state index in [1.165, 1.54) is 4.90 Å². The third kappa shape index (κ3) is 3.36. The monoisotopic (exact) mass is 376 g/mol. The lowest BCUT2D eigenvalue weighted by molar-refractivity contribution is -0.115. The van der Waals surface area contributed by atoms with Gasteiger partial charge in [0.15, 0.2) is 5.11 Å². The summed E-state index contributed by atoms with van der Waals surface area (Å²) in [6, 6.07) is 27.9. The molecule has 3 nitrogen and oxygen atoms in total. The van der Waals surface area contributed by atoms with Gasteiger partial charge in [-0.2, -0.15) is 0 Å². The first-order chi connectivity index (χ1) is 12.7. The fraction of sp³-hybridized carbons (Fsp3) is 0.0476. The quantitative estimate of drug-likeness (QED) is 0.600.